The Labute approximate surface area is 125 Å². The average Bonchev–Trinajstić information content (AvgIpc) is 2.95. The highest BCUT2D eigenvalue weighted by Gasteiger charge is 2.32. The van der Waals surface area contributed by atoms with Crippen LogP contribution in [0.4, 0.5) is 0 Å². The molecule has 1 unspecified atom stereocenters. The molecule has 0 amide bonds. The lowest BCUT2D eigenvalue weighted by Crippen LogP contribution is -2.29. The van der Waals surface area contributed by atoms with Gasteiger partial charge in [-0.2, -0.15) is 4.31 Å². The molecule has 1 fully saturated rings. The fourth-order valence-corrected chi connectivity index (χ4v) is 3.95. The standard InChI is InChI=1S/C14H22N2O4S/c1-19-11-12-6-8-16(10-12)21(17,18)14-4-2-13(3-5-14)20-9-7-15/h2-5,12H,6-11,15H2,1H3. The maximum Gasteiger partial charge on any atom is 0.243 e. The Morgan fingerprint density at radius 2 is 2.05 bits per heavy atom. The van der Waals surface area contributed by atoms with Crippen LogP contribution in [0.5, 0.6) is 5.75 Å². The highest BCUT2D eigenvalue weighted by molar-refractivity contribution is 7.89. The minimum Gasteiger partial charge on any atom is -0.492 e. The lowest BCUT2D eigenvalue weighted by molar-refractivity contribution is 0.157. The van der Waals surface area contributed by atoms with Crippen molar-refractivity contribution in [2.24, 2.45) is 11.7 Å². The van der Waals surface area contributed by atoms with Crippen LogP contribution in [-0.2, 0) is 14.8 Å². The smallest absolute Gasteiger partial charge is 0.243 e. The SMILES string of the molecule is COCC1CCN(S(=O)(=O)c2ccc(OCCN)cc2)C1. The molecule has 0 spiro atoms. The number of benzene rings is 1. The van der Waals surface area contributed by atoms with Crippen LogP contribution in [0.2, 0.25) is 0 Å². The summed E-state index contributed by atoms with van der Waals surface area (Å²) in [6.07, 6.45) is 0.838. The molecule has 1 saturated heterocycles. The maximum atomic E-state index is 12.5. The normalized spacial score (nSPS) is 19.8. The summed E-state index contributed by atoms with van der Waals surface area (Å²) >= 11 is 0. The Morgan fingerprint density at radius 1 is 1.33 bits per heavy atom. The lowest BCUT2D eigenvalue weighted by atomic mass is 10.1. The van der Waals surface area contributed by atoms with E-state index < -0.39 is 10.0 Å². The summed E-state index contributed by atoms with van der Waals surface area (Å²) in [6.45, 7) is 2.49. The summed E-state index contributed by atoms with van der Waals surface area (Å²) < 4.78 is 37.0. The number of sulfonamides is 1. The Balaban J connectivity index is 2.06. The van der Waals surface area contributed by atoms with Gasteiger partial charge in [-0.1, -0.05) is 0 Å². The van der Waals surface area contributed by atoms with E-state index in [-0.39, 0.29) is 5.92 Å². The van der Waals surface area contributed by atoms with Gasteiger partial charge in [-0.3, -0.25) is 0 Å². The molecule has 0 aromatic heterocycles. The molecule has 1 atom stereocenters. The van der Waals surface area contributed by atoms with Crippen molar-refractivity contribution in [1.29, 1.82) is 0 Å². The van der Waals surface area contributed by atoms with E-state index in [1.807, 2.05) is 0 Å². The first-order valence-electron chi connectivity index (χ1n) is 7.00. The molecule has 1 aliphatic rings. The third-order valence-corrected chi connectivity index (χ3v) is 5.38. The number of ether oxygens (including phenoxy) is 2. The third-order valence-electron chi connectivity index (χ3n) is 3.50. The van der Waals surface area contributed by atoms with Crippen molar-refractivity contribution in [3.8, 4) is 5.75 Å². The highest BCUT2D eigenvalue weighted by Crippen LogP contribution is 2.25. The number of nitrogens with two attached hydrogens (primary N) is 1. The Kier molecular flexibility index (Phi) is 5.58. The fraction of sp³-hybridized carbons (Fsp3) is 0.571. The second-order valence-electron chi connectivity index (χ2n) is 5.08. The van der Waals surface area contributed by atoms with Crippen molar-refractivity contribution in [3.63, 3.8) is 0 Å². The molecule has 1 aliphatic heterocycles. The van der Waals surface area contributed by atoms with Crippen LogP contribution in [0.15, 0.2) is 29.2 Å². The molecule has 0 aliphatic carbocycles. The molecule has 7 heteroatoms. The highest BCUT2D eigenvalue weighted by atomic mass is 32.2. The fourth-order valence-electron chi connectivity index (χ4n) is 2.42. The molecule has 1 aromatic carbocycles. The number of nitrogens with zero attached hydrogens (tertiary/aromatic N) is 1. The van der Waals surface area contributed by atoms with Gasteiger partial charge in [0.1, 0.15) is 12.4 Å². The molecule has 2 N–H and O–H groups in total. The Hall–Kier alpha value is -1.15. The third kappa shape index (κ3) is 3.94. The van der Waals surface area contributed by atoms with Crippen LogP contribution in [0.3, 0.4) is 0 Å². The van der Waals surface area contributed by atoms with Crippen molar-refractivity contribution in [1.82, 2.24) is 4.31 Å². The summed E-state index contributed by atoms with van der Waals surface area (Å²) in [5.41, 5.74) is 5.36. The van der Waals surface area contributed by atoms with Crippen molar-refractivity contribution < 1.29 is 17.9 Å². The van der Waals surface area contributed by atoms with E-state index in [2.05, 4.69) is 0 Å². The van der Waals surface area contributed by atoms with Crippen LogP contribution >= 0.6 is 0 Å². The van der Waals surface area contributed by atoms with Gasteiger partial charge in [0.15, 0.2) is 0 Å². The molecule has 6 nitrogen and oxygen atoms in total. The summed E-state index contributed by atoms with van der Waals surface area (Å²) in [5, 5.41) is 0. The van der Waals surface area contributed by atoms with E-state index in [4.69, 9.17) is 15.2 Å². The van der Waals surface area contributed by atoms with Crippen LogP contribution in [0.1, 0.15) is 6.42 Å². The van der Waals surface area contributed by atoms with Crippen LogP contribution < -0.4 is 10.5 Å². The van der Waals surface area contributed by atoms with Gasteiger partial charge in [0.2, 0.25) is 10.0 Å². The van der Waals surface area contributed by atoms with E-state index in [0.717, 1.165) is 6.42 Å². The molecule has 0 saturated carbocycles. The van der Waals surface area contributed by atoms with E-state index >= 15 is 0 Å². The summed E-state index contributed by atoms with van der Waals surface area (Å²) in [6, 6.07) is 6.46. The average molecular weight is 314 g/mol. The van der Waals surface area contributed by atoms with E-state index in [0.29, 0.717) is 43.5 Å². The topological polar surface area (TPSA) is 81.9 Å². The summed E-state index contributed by atoms with van der Waals surface area (Å²) in [7, 11) is -1.79. The van der Waals surface area contributed by atoms with Gasteiger partial charge >= 0.3 is 0 Å². The molecule has 2 rings (SSSR count). The van der Waals surface area contributed by atoms with E-state index in [1.54, 1.807) is 31.4 Å². The predicted molar refractivity (Wildman–Crippen MR) is 79.7 cm³/mol. The van der Waals surface area contributed by atoms with E-state index in [9.17, 15) is 8.42 Å². The Morgan fingerprint density at radius 3 is 2.67 bits per heavy atom. The second-order valence-corrected chi connectivity index (χ2v) is 7.02. The first kappa shape index (κ1) is 16.2. The number of rotatable bonds is 7. The summed E-state index contributed by atoms with van der Waals surface area (Å²) in [4.78, 5) is 0.292. The van der Waals surface area contributed by atoms with Crippen molar-refractivity contribution in [3.05, 3.63) is 24.3 Å². The van der Waals surface area contributed by atoms with Gasteiger partial charge < -0.3 is 15.2 Å². The maximum absolute atomic E-state index is 12.5. The minimum atomic E-state index is -3.43. The van der Waals surface area contributed by atoms with Crippen molar-refractivity contribution >= 4 is 10.0 Å². The van der Waals surface area contributed by atoms with Crippen LogP contribution in [-0.4, -0.2) is 52.7 Å². The zero-order valence-electron chi connectivity index (χ0n) is 12.2. The lowest BCUT2D eigenvalue weighted by Gasteiger charge is -2.17. The van der Waals surface area contributed by atoms with Gasteiger partial charge in [-0.25, -0.2) is 8.42 Å². The molecule has 1 heterocycles. The van der Waals surface area contributed by atoms with Gasteiger partial charge in [0, 0.05) is 26.7 Å². The monoisotopic (exact) mass is 314 g/mol. The van der Waals surface area contributed by atoms with Gasteiger partial charge in [0.05, 0.1) is 11.5 Å². The quantitative estimate of drug-likeness (QED) is 0.800. The molecule has 0 bridgehead atoms. The predicted octanol–water partition coefficient (Wildman–Crippen LogP) is 0.681. The zero-order chi connectivity index (χ0) is 15.3. The minimum absolute atomic E-state index is 0.275. The molecule has 118 valence electrons. The van der Waals surface area contributed by atoms with Crippen molar-refractivity contribution in [2.75, 3.05) is 40.0 Å². The molecular weight excluding hydrogens is 292 g/mol. The molecular formula is C14H22N2O4S. The summed E-state index contributed by atoms with van der Waals surface area (Å²) in [5.74, 6) is 0.898. The molecule has 0 radical (unpaired) electrons. The zero-order valence-corrected chi connectivity index (χ0v) is 13.0. The number of methoxy groups -OCH3 is 1. The van der Waals surface area contributed by atoms with Crippen molar-refractivity contribution in [2.45, 2.75) is 11.3 Å². The first-order chi connectivity index (χ1) is 10.1. The number of hydrogen-bond donors (Lipinski definition) is 1. The number of hydrogen-bond acceptors (Lipinski definition) is 5. The Bertz CT molecular complexity index is 545. The largest absolute Gasteiger partial charge is 0.492 e. The van der Waals surface area contributed by atoms with E-state index in [1.165, 1.54) is 4.31 Å². The van der Waals surface area contributed by atoms with Gasteiger partial charge in [-0.15, -0.1) is 0 Å². The van der Waals surface area contributed by atoms with Crippen LogP contribution in [0, 0.1) is 5.92 Å². The van der Waals surface area contributed by atoms with Crippen LogP contribution in [0.25, 0.3) is 0 Å². The van der Waals surface area contributed by atoms with Gasteiger partial charge in [0.25, 0.3) is 0 Å². The first-order valence-corrected chi connectivity index (χ1v) is 8.44. The second kappa shape index (κ2) is 7.22. The molecule has 21 heavy (non-hydrogen) atoms. The molecule has 1 aromatic rings. The van der Waals surface area contributed by atoms with Gasteiger partial charge in [-0.05, 0) is 36.6 Å².